The van der Waals surface area contributed by atoms with Crippen molar-refractivity contribution in [2.24, 2.45) is 5.10 Å². The summed E-state index contributed by atoms with van der Waals surface area (Å²) in [4.78, 5) is 23.6. The molecule has 1 rings (SSSR count). The van der Waals surface area contributed by atoms with Crippen LogP contribution in [-0.2, 0) is 9.59 Å². The molecule has 1 aromatic rings. The number of hydrogen-bond acceptors (Lipinski definition) is 4. The Morgan fingerprint density at radius 2 is 1.57 bits per heavy atom. The molecule has 7 heteroatoms. The third-order valence-corrected chi connectivity index (χ3v) is 5.33. The summed E-state index contributed by atoms with van der Waals surface area (Å²) in [5.41, 5.74) is 2.81. The van der Waals surface area contributed by atoms with Gasteiger partial charge in [-0.25, -0.2) is 5.43 Å². The van der Waals surface area contributed by atoms with Crippen molar-refractivity contribution in [1.82, 2.24) is 10.7 Å². The van der Waals surface area contributed by atoms with Gasteiger partial charge in [0.25, 0.3) is 5.91 Å². The van der Waals surface area contributed by atoms with Gasteiger partial charge >= 0.3 is 0 Å². The lowest BCUT2D eigenvalue weighted by Gasteiger charge is -2.05. The van der Waals surface area contributed by atoms with Gasteiger partial charge in [-0.1, -0.05) is 87.1 Å². The van der Waals surface area contributed by atoms with Gasteiger partial charge in [-0.05, 0) is 24.6 Å². The van der Waals surface area contributed by atoms with Crippen molar-refractivity contribution in [2.75, 3.05) is 6.54 Å². The molecule has 30 heavy (non-hydrogen) atoms. The zero-order valence-corrected chi connectivity index (χ0v) is 19.7. The molecular formula is C23H36BrN3O3. The van der Waals surface area contributed by atoms with E-state index in [-0.39, 0.29) is 18.2 Å². The van der Waals surface area contributed by atoms with Gasteiger partial charge in [0.1, 0.15) is 5.75 Å². The maximum atomic E-state index is 11.8. The van der Waals surface area contributed by atoms with E-state index in [1.165, 1.54) is 70.1 Å². The molecule has 3 N–H and O–H groups in total. The van der Waals surface area contributed by atoms with Crippen LogP contribution in [0, 0.1) is 0 Å². The standard InChI is InChI=1S/C23H36BrN3O3/c1-2-3-4-5-6-7-8-9-10-11-12-13-22(29)25-18-23(30)27-26-17-19-16-20(24)14-15-21(19)28/h14-17,28H,2-13,18H2,1H3,(H,25,29)(H,27,30)/b26-17-. The fourth-order valence-electron chi connectivity index (χ4n) is 3.06. The van der Waals surface area contributed by atoms with Gasteiger partial charge in [0.05, 0.1) is 12.8 Å². The van der Waals surface area contributed by atoms with E-state index in [0.717, 1.165) is 17.3 Å². The van der Waals surface area contributed by atoms with Crippen LogP contribution in [0.2, 0.25) is 0 Å². The Kier molecular flexibility index (Phi) is 14.7. The smallest absolute Gasteiger partial charge is 0.259 e. The number of benzene rings is 1. The Morgan fingerprint density at radius 3 is 2.20 bits per heavy atom. The van der Waals surface area contributed by atoms with Crippen LogP contribution in [0.25, 0.3) is 0 Å². The molecule has 1 aromatic carbocycles. The Labute approximate surface area is 189 Å². The zero-order chi connectivity index (χ0) is 22.0. The summed E-state index contributed by atoms with van der Waals surface area (Å²) in [5.74, 6) is -0.459. The lowest BCUT2D eigenvalue weighted by molar-refractivity contribution is -0.126. The van der Waals surface area contributed by atoms with E-state index in [2.05, 4.69) is 38.7 Å². The zero-order valence-electron chi connectivity index (χ0n) is 18.1. The highest BCUT2D eigenvalue weighted by Gasteiger charge is 2.05. The number of aromatic hydroxyl groups is 1. The van der Waals surface area contributed by atoms with E-state index in [1.807, 2.05) is 0 Å². The third-order valence-electron chi connectivity index (χ3n) is 4.84. The van der Waals surface area contributed by atoms with Gasteiger partial charge in [0.15, 0.2) is 0 Å². The van der Waals surface area contributed by atoms with E-state index in [9.17, 15) is 14.7 Å². The van der Waals surface area contributed by atoms with Gasteiger partial charge in [-0.3, -0.25) is 9.59 Å². The molecule has 0 aromatic heterocycles. The monoisotopic (exact) mass is 481 g/mol. The number of carbonyl (C=O) groups excluding carboxylic acids is 2. The summed E-state index contributed by atoms with van der Waals surface area (Å²) in [7, 11) is 0. The molecule has 0 aliphatic heterocycles. The first-order valence-electron chi connectivity index (χ1n) is 11.1. The van der Waals surface area contributed by atoms with Crippen molar-refractivity contribution in [3.05, 3.63) is 28.2 Å². The van der Waals surface area contributed by atoms with Crippen LogP contribution < -0.4 is 10.7 Å². The van der Waals surface area contributed by atoms with Crippen LogP contribution in [0.1, 0.15) is 89.5 Å². The maximum Gasteiger partial charge on any atom is 0.259 e. The van der Waals surface area contributed by atoms with E-state index in [4.69, 9.17) is 0 Å². The second-order valence-corrected chi connectivity index (χ2v) is 8.47. The highest BCUT2D eigenvalue weighted by molar-refractivity contribution is 9.10. The fraction of sp³-hybridized carbons (Fsp3) is 0.609. The normalized spacial score (nSPS) is 11.0. The van der Waals surface area contributed by atoms with E-state index in [1.54, 1.807) is 12.1 Å². The molecule has 2 amide bonds. The molecule has 0 atom stereocenters. The molecule has 0 bridgehead atoms. The Bertz CT molecular complexity index is 665. The first kappa shape index (κ1) is 26.1. The summed E-state index contributed by atoms with van der Waals surface area (Å²) in [6.45, 7) is 2.13. The highest BCUT2D eigenvalue weighted by atomic mass is 79.9. The van der Waals surface area contributed by atoms with E-state index < -0.39 is 5.91 Å². The van der Waals surface area contributed by atoms with Crippen molar-refractivity contribution in [3.63, 3.8) is 0 Å². The summed E-state index contributed by atoms with van der Waals surface area (Å²) in [6.07, 6.45) is 15.4. The largest absolute Gasteiger partial charge is 0.507 e. The predicted octanol–water partition coefficient (Wildman–Crippen LogP) is 5.42. The van der Waals surface area contributed by atoms with Crippen molar-refractivity contribution in [3.8, 4) is 5.75 Å². The molecule has 0 aliphatic rings. The van der Waals surface area contributed by atoms with Gasteiger partial charge in [0.2, 0.25) is 5.91 Å². The number of phenols is 1. The molecule has 6 nitrogen and oxygen atoms in total. The average Bonchev–Trinajstić information content (AvgIpc) is 2.73. The number of nitrogens with one attached hydrogen (secondary N) is 2. The number of carbonyl (C=O) groups is 2. The number of unbranched alkanes of at least 4 members (excludes halogenated alkanes) is 10. The minimum absolute atomic E-state index is 0.0662. The molecule has 0 saturated heterocycles. The number of nitrogens with zero attached hydrogens (tertiary/aromatic N) is 1. The molecule has 0 aliphatic carbocycles. The summed E-state index contributed by atoms with van der Waals surface area (Å²) < 4.78 is 0.794. The molecule has 0 heterocycles. The Morgan fingerprint density at radius 1 is 0.967 bits per heavy atom. The number of halogens is 1. The van der Waals surface area contributed by atoms with Gasteiger partial charge < -0.3 is 10.4 Å². The summed E-state index contributed by atoms with van der Waals surface area (Å²) >= 11 is 3.30. The molecule has 168 valence electrons. The van der Waals surface area contributed by atoms with Crippen LogP contribution in [0.5, 0.6) is 5.75 Å². The number of hydrogen-bond donors (Lipinski definition) is 3. The lowest BCUT2D eigenvalue weighted by Crippen LogP contribution is -2.34. The van der Waals surface area contributed by atoms with Crippen LogP contribution in [0.3, 0.4) is 0 Å². The topological polar surface area (TPSA) is 90.8 Å². The average molecular weight is 482 g/mol. The van der Waals surface area contributed by atoms with Gasteiger partial charge in [0, 0.05) is 16.5 Å². The third kappa shape index (κ3) is 13.4. The van der Waals surface area contributed by atoms with Crippen LogP contribution >= 0.6 is 15.9 Å². The number of phenolic OH excluding ortho intramolecular Hbond substituents is 1. The molecule has 0 spiro atoms. The molecule has 0 unspecified atom stereocenters. The Balaban J connectivity index is 2.01. The van der Waals surface area contributed by atoms with Gasteiger partial charge in [-0.2, -0.15) is 5.10 Å². The molecular weight excluding hydrogens is 446 g/mol. The van der Waals surface area contributed by atoms with E-state index in [0.29, 0.717) is 12.0 Å². The SMILES string of the molecule is CCCCCCCCCCCCCC(=O)NCC(=O)N/N=C\c1cc(Br)ccc1O. The van der Waals surface area contributed by atoms with Crippen molar-refractivity contribution in [2.45, 2.75) is 84.0 Å². The second-order valence-electron chi connectivity index (χ2n) is 7.56. The van der Waals surface area contributed by atoms with Crippen molar-refractivity contribution in [1.29, 1.82) is 0 Å². The first-order chi connectivity index (χ1) is 14.5. The molecule has 0 fully saturated rings. The number of amides is 2. The minimum atomic E-state index is -0.409. The lowest BCUT2D eigenvalue weighted by atomic mass is 10.1. The Hall–Kier alpha value is -1.89. The van der Waals surface area contributed by atoms with Crippen molar-refractivity contribution < 1.29 is 14.7 Å². The number of rotatable bonds is 16. The number of hydrazone groups is 1. The van der Waals surface area contributed by atoms with Crippen LogP contribution in [0.15, 0.2) is 27.8 Å². The fourth-order valence-corrected chi connectivity index (χ4v) is 3.44. The predicted molar refractivity (Wildman–Crippen MR) is 126 cm³/mol. The maximum absolute atomic E-state index is 11.8. The van der Waals surface area contributed by atoms with Gasteiger partial charge in [-0.15, -0.1) is 0 Å². The quantitative estimate of drug-likeness (QED) is 0.167. The van der Waals surface area contributed by atoms with E-state index >= 15 is 0 Å². The highest BCUT2D eigenvalue weighted by Crippen LogP contribution is 2.19. The van der Waals surface area contributed by atoms with Crippen LogP contribution in [0.4, 0.5) is 0 Å². The summed E-state index contributed by atoms with van der Waals surface area (Å²) in [6, 6.07) is 4.92. The second kappa shape index (κ2) is 16.9. The van der Waals surface area contributed by atoms with Crippen LogP contribution in [-0.4, -0.2) is 29.7 Å². The molecule has 0 saturated carbocycles. The minimum Gasteiger partial charge on any atom is -0.507 e. The first-order valence-corrected chi connectivity index (χ1v) is 11.9. The summed E-state index contributed by atoms with van der Waals surface area (Å²) in [5, 5.41) is 16.1. The molecule has 0 radical (unpaired) electrons. The van der Waals surface area contributed by atoms with Crippen molar-refractivity contribution >= 4 is 34.0 Å².